The molecule has 0 aromatic rings. The average molecular weight is 145 g/mol. The van der Waals surface area contributed by atoms with Gasteiger partial charge in [0.2, 0.25) is 0 Å². The Hall–Kier alpha value is -0.0800. The van der Waals surface area contributed by atoms with Crippen molar-refractivity contribution in [3.63, 3.8) is 0 Å². The summed E-state index contributed by atoms with van der Waals surface area (Å²) in [6.45, 7) is 8.38. The van der Waals surface area contributed by atoms with Crippen LogP contribution in [-0.4, -0.2) is 26.3 Å². The monoisotopic (exact) mass is 145 g/mol. The fraction of sp³-hybridized carbons (Fsp3) is 1.00. The molecule has 0 aromatic carbocycles. The van der Waals surface area contributed by atoms with Crippen molar-refractivity contribution in [2.45, 2.75) is 26.8 Å². The molecule has 0 aliphatic carbocycles. The standard InChI is InChI=1S/C8H19NO/c1-7(2)9-5-8(3)6-10-4/h7-9H,5-6H2,1-4H3/t8-/m1/s1. The number of methoxy groups -OCH3 is 1. The lowest BCUT2D eigenvalue weighted by Gasteiger charge is -2.13. The number of hydrogen-bond acceptors (Lipinski definition) is 2. The van der Waals surface area contributed by atoms with Crippen LogP contribution in [-0.2, 0) is 4.74 Å². The van der Waals surface area contributed by atoms with Crippen molar-refractivity contribution in [1.29, 1.82) is 0 Å². The van der Waals surface area contributed by atoms with E-state index in [0.717, 1.165) is 13.2 Å². The largest absolute Gasteiger partial charge is 0.384 e. The molecule has 0 unspecified atom stereocenters. The van der Waals surface area contributed by atoms with Crippen molar-refractivity contribution >= 4 is 0 Å². The topological polar surface area (TPSA) is 21.3 Å². The molecule has 0 amide bonds. The molecule has 0 aliphatic rings. The molecule has 0 bridgehead atoms. The third-order valence-corrected chi connectivity index (χ3v) is 1.33. The smallest absolute Gasteiger partial charge is 0.0499 e. The van der Waals surface area contributed by atoms with E-state index in [9.17, 15) is 0 Å². The Morgan fingerprint density at radius 1 is 1.30 bits per heavy atom. The highest BCUT2D eigenvalue weighted by Crippen LogP contribution is 1.92. The molecule has 2 heteroatoms. The fourth-order valence-electron chi connectivity index (χ4n) is 0.780. The first kappa shape index (κ1) is 9.92. The molecule has 0 aliphatic heterocycles. The lowest BCUT2D eigenvalue weighted by atomic mass is 10.2. The lowest BCUT2D eigenvalue weighted by Crippen LogP contribution is -2.29. The second kappa shape index (κ2) is 5.69. The van der Waals surface area contributed by atoms with Gasteiger partial charge in [-0.2, -0.15) is 0 Å². The second-order valence-corrected chi connectivity index (χ2v) is 3.12. The summed E-state index contributed by atoms with van der Waals surface area (Å²) < 4.78 is 5.00. The zero-order valence-corrected chi connectivity index (χ0v) is 7.48. The van der Waals surface area contributed by atoms with Crippen LogP contribution in [0.4, 0.5) is 0 Å². The molecule has 0 saturated heterocycles. The fourth-order valence-corrected chi connectivity index (χ4v) is 0.780. The van der Waals surface area contributed by atoms with Crippen LogP contribution < -0.4 is 5.32 Å². The molecule has 62 valence electrons. The van der Waals surface area contributed by atoms with Crippen LogP contribution in [0.5, 0.6) is 0 Å². The molecular formula is C8H19NO. The van der Waals surface area contributed by atoms with Gasteiger partial charge >= 0.3 is 0 Å². The van der Waals surface area contributed by atoms with Gasteiger partial charge in [0.1, 0.15) is 0 Å². The summed E-state index contributed by atoms with van der Waals surface area (Å²) in [6.07, 6.45) is 0. The maximum atomic E-state index is 5.00. The molecule has 0 fully saturated rings. The second-order valence-electron chi connectivity index (χ2n) is 3.12. The maximum absolute atomic E-state index is 5.00. The van der Waals surface area contributed by atoms with E-state index in [4.69, 9.17) is 4.74 Å². The van der Waals surface area contributed by atoms with E-state index in [1.165, 1.54) is 0 Å². The van der Waals surface area contributed by atoms with Gasteiger partial charge < -0.3 is 10.1 Å². The highest BCUT2D eigenvalue weighted by molar-refractivity contribution is 4.58. The SMILES string of the molecule is COC[C@H](C)CNC(C)C. The van der Waals surface area contributed by atoms with E-state index >= 15 is 0 Å². The van der Waals surface area contributed by atoms with Crippen molar-refractivity contribution in [2.24, 2.45) is 5.92 Å². The Morgan fingerprint density at radius 3 is 2.30 bits per heavy atom. The van der Waals surface area contributed by atoms with E-state index in [1.54, 1.807) is 7.11 Å². The predicted octanol–water partition coefficient (Wildman–Crippen LogP) is 1.27. The molecule has 2 nitrogen and oxygen atoms in total. The summed E-state index contributed by atoms with van der Waals surface area (Å²) in [5, 5.41) is 3.35. The first-order valence-electron chi connectivity index (χ1n) is 3.89. The van der Waals surface area contributed by atoms with Crippen molar-refractivity contribution in [3.05, 3.63) is 0 Å². The summed E-state index contributed by atoms with van der Waals surface area (Å²) in [5.74, 6) is 0.618. The molecule has 10 heavy (non-hydrogen) atoms. The first-order chi connectivity index (χ1) is 4.66. The average Bonchev–Trinajstić information content (AvgIpc) is 1.85. The van der Waals surface area contributed by atoms with Crippen LogP contribution in [0.15, 0.2) is 0 Å². The highest BCUT2D eigenvalue weighted by atomic mass is 16.5. The first-order valence-corrected chi connectivity index (χ1v) is 3.89. The minimum atomic E-state index is 0.583. The third kappa shape index (κ3) is 6.05. The van der Waals surface area contributed by atoms with Gasteiger partial charge in [0.25, 0.3) is 0 Å². The molecule has 0 spiro atoms. The molecule has 1 N–H and O–H groups in total. The van der Waals surface area contributed by atoms with Crippen LogP contribution in [0.3, 0.4) is 0 Å². The minimum absolute atomic E-state index is 0.583. The summed E-state index contributed by atoms with van der Waals surface area (Å²) in [6, 6.07) is 0.583. The molecule has 0 aromatic heterocycles. The molecule has 1 atom stereocenters. The van der Waals surface area contributed by atoms with Crippen LogP contribution in [0.2, 0.25) is 0 Å². The number of hydrogen-bond donors (Lipinski definition) is 1. The van der Waals surface area contributed by atoms with Crippen molar-refractivity contribution in [2.75, 3.05) is 20.3 Å². The van der Waals surface area contributed by atoms with Gasteiger partial charge in [0, 0.05) is 26.3 Å². The van der Waals surface area contributed by atoms with Crippen molar-refractivity contribution in [3.8, 4) is 0 Å². The van der Waals surface area contributed by atoms with Gasteiger partial charge in [0.05, 0.1) is 0 Å². The van der Waals surface area contributed by atoms with Gasteiger partial charge in [-0.05, 0) is 5.92 Å². The van der Waals surface area contributed by atoms with Crippen LogP contribution in [0.1, 0.15) is 20.8 Å². The van der Waals surface area contributed by atoms with Gasteiger partial charge in [-0.3, -0.25) is 0 Å². The third-order valence-electron chi connectivity index (χ3n) is 1.33. The number of nitrogens with one attached hydrogen (secondary N) is 1. The lowest BCUT2D eigenvalue weighted by molar-refractivity contribution is 0.157. The Bertz CT molecular complexity index is 73.7. The van der Waals surface area contributed by atoms with Crippen molar-refractivity contribution < 1.29 is 4.74 Å². The van der Waals surface area contributed by atoms with Gasteiger partial charge in [-0.1, -0.05) is 20.8 Å². The molecule has 0 radical (unpaired) electrons. The Balaban J connectivity index is 3.12. The van der Waals surface area contributed by atoms with E-state index < -0.39 is 0 Å². The Morgan fingerprint density at radius 2 is 1.90 bits per heavy atom. The van der Waals surface area contributed by atoms with Crippen LogP contribution in [0.25, 0.3) is 0 Å². The van der Waals surface area contributed by atoms with Crippen LogP contribution >= 0.6 is 0 Å². The molecule has 0 rings (SSSR count). The predicted molar refractivity (Wildman–Crippen MR) is 44.2 cm³/mol. The summed E-state index contributed by atoms with van der Waals surface area (Å²) in [5.41, 5.74) is 0. The Kier molecular flexibility index (Phi) is 5.64. The van der Waals surface area contributed by atoms with Gasteiger partial charge in [-0.25, -0.2) is 0 Å². The minimum Gasteiger partial charge on any atom is -0.384 e. The Labute approximate surface area is 64.0 Å². The van der Waals surface area contributed by atoms with E-state index in [2.05, 4.69) is 26.1 Å². The quantitative estimate of drug-likeness (QED) is 0.629. The van der Waals surface area contributed by atoms with E-state index in [1.807, 2.05) is 0 Å². The summed E-state index contributed by atoms with van der Waals surface area (Å²) >= 11 is 0. The van der Waals surface area contributed by atoms with Crippen molar-refractivity contribution in [1.82, 2.24) is 5.32 Å². The van der Waals surface area contributed by atoms with E-state index in [0.29, 0.717) is 12.0 Å². The normalized spacial score (nSPS) is 14.1. The van der Waals surface area contributed by atoms with Gasteiger partial charge in [0.15, 0.2) is 0 Å². The maximum Gasteiger partial charge on any atom is 0.0499 e. The number of ether oxygens (including phenoxy) is 1. The molecule has 0 heterocycles. The van der Waals surface area contributed by atoms with Gasteiger partial charge in [-0.15, -0.1) is 0 Å². The summed E-state index contributed by atoms with van der Waals surface area (Å²) in [4.78, 5) is 0. The zero-order chi connectivity index (χ0) is 7.98. The molecular weight excluding hydrogens is 126 g/mol. The summed E-state index contributed by atoms with van der Waals surface area (Å²) in [7, 11) is 1.74. The van der Waals surface area contributed by atoms with Crippen LogP contribution in [0, 0.1) is 5.92 Å². The molecule has 0 saturated carbocycles. The van der Waals surface area contributed by atoms with E-state index in [-0.39, 0.29) is 0 Å². The number of rotatable bonds is 5. The highest BCUT2D eigenvalue weighted by Gasteiger charge is 2.00. The zero-order valence-electron chi connectivity index (χ0n) is 7.48.